The first-order valence-electron chi connectivity index (χ1n) is 12.7. The summed E-state index contributed by atoms with van der Waals surface area (Å²) in [7, 11) is 1.43. The fraction of sp³-hybridized carbons (Fsp3) is 0.552. The van der Waals surface area contributed by atoms with Gasteiger partial charge in [0.15, 0.2) is 0 Å². The van der Waals surface area contributed by atoms with E-state index in [2.05, 4.69) is 58.2 Å². The van der Waals surface area contributed by atoms with Crippen LogP contribution in [0.15, 0.2) is 58.7 Å². The second-order valence-electron chi connectivity index (χ2n) is 8.99. The van der Waals surface area contributed by atoms with E-state index in [9.17, 15) is 4.79 Å². The number of benzene rings is 1. The van der Waals surface area contributed by atoms with Gasteiger partial charge in [-0.2, -0.15) is 0 Å². The average Bonchev–Trinajstić information content (AvgIpc) is 2.85. The van der Waals surface area contributed by atoms with Crippen molar-refractivity contribution in [2.45, 2.75) is 79.0 Å². The Bertz CT molecular complexity index is 730. The van der Waals surface area contributed by atoms with E-state index < -0.39 is 18.4 Å². The van der Waals surface area contributed by atoms with Gasteiger partial charge in [-0.1, -0.05) is 0 Å². The molecular formula is C29H46O3Sn. The molecule has 0 bridgehead atoms. The summed E-state index contributed by atoms with van der Waals surface area (Å²) in [6, 6.07) is 10.6. The van der Waals surface area contributed by atoms with E-state index >= 15 is 0 Å². The molecule has 0 atom stereocenters. The summed E-state index contributed by atoms with van der Waals surface area (Å²) in [5.74, 6) is -0.328. The average molecular weight is 561 g/mol. The first-order valence-corrected chi connectivity index (χ1v) is 20.2. The number of esters is 1. The van der Waals surface area contributed by atoms with Crippen LogP contribution < -0.4 is 0 Å². The minimum absolute atomic E-state index is 0.328. The van der Waals surface area contributed by atoms with Crippen LogP contribution in [0.1, 0.15) is 71.3 Å². The standard InChI is InChI=1S/C17H19O3.3C4H9.Sn/c1-4-11-20-12-10-16(13-14(2)17(18)19-3)15-8-6-5-7-9-15;3*1-3-4-2;/h4-9H,1-2,11-13H2,3H3;3*1,3-4H2,2H3;. The van der Waals surface area contributed by atoms with Crippen molar-refractivity contribution < 1.29 is 14.3 Å². The number of unbranched alkanes of at least 4 members (excludes halogenated alkanes) is 3. The van der Waals surface area contributed by atoms with Gasteiger partial charge in [-0.15, -0.1) is 0 Å². The van der Waals surface area contributed by atoms with Crippen LogP contribution in [0.4, 0.5) is 0 Å². The Balaban J connectivity index is 3.78. The van der Waals surface area contributed by atoms with Gasteiger partial charge in [0, 0.05) is 0 Å². The Morgan fingerprint density at radius 2 is 1.52 bits per heavy atom. The molecule has 33 heavy (non-hydrogen) atoms. The number of allylic oxidation sites excluding steroid dienone is 1. The van der Waals surface area contributed by atoms with Gasteiger partial charge in [-0.3, -0.25) is 0 Å². The molecule has 0 unspecified atom stereocenters. The van der Waals surface area contributed by atoms with E-state index in [-0.39, 0.29) is 5.97 Å². The van der Waals surface area contributed by atoms with Gasteiger partial charge in [0.05, 0.1) is 0 Å². The number of hydrogen-bond donors (Lipinski definition) is 0. The third-order valence-corrected chi connectivity index (χ3v) is 22.6. The zero-order valence-electron chi connectivity index (χ0n) is 21.6. The summed E-state index contributed by atoms with van der Waals surface area (Å²) >= 11 is -2.85. The molecule has 0 saturated heterocycles. The van der Waals surface area contributed by atoms with Crippen molar-refractivity contribution >= 4 is 29.9 Å². The first kappa shape index (κ1) is 29.7. The number of rotatable bonds is 18. The van der Waals surface area contributed by atoms with Crippen molar-refractivity contribution in [3.63, 3.8) is 0 Å². The number of hydrogen-bond acceptors (Lipinski definition) is 3. The molecule has 0 spiro atoms. The zero-order chi connectivity index (χ0) is 24.5. The molecule has 0 aromatic heterocycles. The molecule has 1 aromatic carbocycles. The Hall–Kier alpha value is -1.33. The van der Waals surface area contributed by atoms with Crippen molar-refractivity contribution in [3.8, 4) is 0 Å². The molecule has 0 fully saturated rings. The van der Waals surface area contributed by atoms with E-state index in [0.717, 1.165) is 0 Å². The molecule has 1 rings (SSSR count). The summed E-state index contributed by atoms with van der Waals surface area (Å²) in [4.78, 5) is 12.4. The zero-order valence-corrected chi connectivity index (χ0v) is 24.4. The maximum atomic E-state index is 12.4. The topological polar surface area (TPSA) is 35.5 Å². The van der Waals surface area contributed by atoms with Crippen LogP contribution in [0.3, 0.4) is 0 Å². The Morgan fingerprint density at radius 1 is 0.970 bits per heavy atom. The summed E-state index contributed by atoms with van der Waals surface area (Å²) < 4.78 is 16.8. The van der Waals surface area contributed by atoms with E-state index in [0.29, 0.717) is 25.2 Å². The van der Waals surface area contributed by atoms with Crippen molar-refractivity contribution in [3.05, 3.63) is 64.3 Å². The van der Waals surface area contributed by atoms with E-state index in [4.69, 9.17) is 9.47 Å². The van der Waals surface area contributed by atoms with E-state index in [1.165, 1.54) is 73.7 Å². The van der Waals surface area contributed by atoms with Gasteiger partial charge in [-0.05, 0) is 0 Å². The Kier molecular flexibility index (Phi) is 15.4. The summed E-state index contributed by atoms with van der Waals surface area (Å²) in [5.41, 5.74) is 2.96. The minimum atomic E-state index is -2.85. The molecular weight excluding hydrogens is 515 g/mol. The molecule has 1 aromatic rings. The predicted octanol–water partition coefficient (Wildman–Crippen LogP) is 8.15. The first-order chi connectivity index (χ1) is 16.0. The molecule has 0 aliphatic carbocycles. The molecule has 3 nitrogen and oxygen atoms in total. The van der Waals surface area contributed by atoms with Gasteiger partial charge < -0.3 is 0 Å². The third kappa shape index (κ3) is 9.82. The van der Waals surface area contributed by atoms with Crippen LogP contribution in [-0.4, -0.2) is 44.7 Å². The van der Waals surface area contributed by atoms with Gasteiger partial charge in [0.25, 0.3) is 0 Å². The van der Waals surface area contributed by atoms with Crippen LogP contribution in [0.2, 0.25) is 13.3 Å². The van der Waals surface area contributed by atoms with Gasteiger partial charge in [0.2, 0.25) is 0 Å². The maximum absolute atomic E-state index is 12.4. The number of ether oxygens (including phenoxy) is 2. The Labute approximate surface area is 207 Å². The fourth-order valence-corrected chi connectivity index (χ4v) is 21.8. The molecule has 0 heterocycles. The molecule has 184 valence electrons. The number of methoxy groups -OCH3 is 1. The SMILES string of the molecule is C=CCOC/[C](=C(\CC(=C)C(=O)OC)c1ccccc1)[Sn]([CH2]CCC)([CH2]CCC)[CH2]CCC. The fourth-order valence-electron chi connectivity index (χ4n) is 4.63. The van der Waals surface area contributed by atoms with Crippen molar-refractivity contribution in [2.75, 3.05) is 20.3 Å². The normalized spacial score (nSPS) is 12.2. The van der Waals surface area contributed by atoms with Crippen LogP contribution in [0.5, 0.6) is 0 Å². The van der Waals surface area contributed by atoms with Crippen LogP contribution in [0, 0.1) is 0 Å². The van der Waals surface area contributed by atoms with Gasteiger partial charge in [-0.25, -0.2) is 0 Å². The summed E-state index contributed by atoms with van der Waals surface area (Å²) in [6.07, 6.45) is 9.81. The molecule has 0 N–H and O–H groups in total. The molecule has 0 saturated carbocycles. The van der Waals surface area contributed by atoms with E-state index in [1.807, 2.05) is 12.1 Å². The van der Waals surface area contributed by atoms with Crippen LogP contribution >= 0.6 is 0 Å². The van der Waals surface area contributed by atoms with Gasteiger partial charge >= 0.3 is 208 Å². The molecule has 0 amide bonds. The predicted molar refractivity (Wildman–Crippen MR) is 145 cm³/mol. The molecule has 0 aliphatic rings. The van der Waals surface area contributed by atoms with Crippen LogP contribution in [0.25, 0.3) is 5.57 Å². The second-order valence-corrected chi connectivity index (χ2v) is 22.3. The molecule has 0 aliphatic heterocycles. The van der Waals surface area contributed by atoms with Crippen molar-refractivity contribution in [1.29, 1.82) is 0 Å². The quantitative estimate of drug-likeness (QED) is 0.0597. The molecule has 0 radical (unpaired) electrons. The van der Waals surface area contributed by atoms with Crippen molar-refractivity contribution in [2.24, 2.45) is 0 Å². The van der Waals surface area contributed by atoms with E-state index in [1.54, 1.807) is 0 Å². The molecule has 4 heteroatoms. The summed E-state index contributed by atoms with van der Waals surface area (Å²) in [5, 5.41) is 0. The third-order valence-electron chi connectivity index (χ3n) is 6.50. The van der Waals surface area contributed by atoms with Gasteiger partial charge in [0.1, 0.15) is 0 Å². The summed E-state index contributed by atoms with van der Waals surface area (Å²) in [6.45, 7) is 16.0. The monoisotopic (exact) mass is 562 g/mol. The Morgan fingerprint density at radius 3 is 1.97 bits per heavy atom. The van der Waals surface area contributed by atoms with Crippen molar-refractivity contribution in [1.82, 2.24) is 0 Å². The number of carbonyl (C=O) groups is 1. The van der Waals surface area contributed by atoms with Crippen LogP contribution in [-0.2, 0) is 14.3 Å². The second kappa shape index (κ2) is 17.2. The number of carbonyl (C=O) groups excluding carboxylic acids is 1.